The molecule has 0 saturated heterocycles. The molecule has 4 N–H and O–H groups in total. The van der Waals surface area contributed by atoms with Gasteiger partial charge in [0.15, 0.2) is 0 Å². The number of hydrogen-bond acceptors (Lipinski definition) is 6. The largest absolute Gasteiger partial charge is 0.476 e. The van der Waals surface area contributed by atoms with Crippen LogP contribution in [0.25, 0.3) is 0 Å². The lowest BCUT2D eigenvalue weighted by Gasteiger charge is -2.10. The van der Waals surface area contributed by atoms with Crippen molar-refractivity contribution in [3.05, 3.63) is 12.2 Å². The third-order valence-electron chi connectivity index (χ3n) is 2.44. The zero-order valence-corrected chi connectivity index (χ0v) is 10.5. The lowest BCUT2D eigenvalue weighted by Crippen LogP contribution is -2.27. The Bertz CT molecular complexity index is 316. The van der Waals surface area contributed by atoms with Gasteiger partial charge in [-0.2, -0.15) is 0 Å². The lowest BCUT2D eigenvalue weighted by atomic mass is 10.1. The van der Waals surface area contributed by atoms with Gasteiger partial charge in [0.2, 0.25) is 5.90 Å². The number of esters is 1. The summed E-state index contributed by atoms with van der Waals surface area (Å²) in [5, 5.41) is 0. The Balaban J connectivity index is 2.12. The number of carbonyl (C=O) groups excluding carboxylic acids is 1. The van der Waals surface area contributed by atoms with Crippen molar-refractivity contribution >= 4 is 11.9 Å². The van der Waals surface area contributed by atoms with Gasteiger partial charge in [0.05, 0.1) is 6.54 Å². The van der Waals surface area contributed by atoms with Crippen LogP contribution in [0.5, 0.6) is 0 Å². The number of hydrogen-bond donors (Lipinski definition) is 2. The normalized spacial score (nSPS) is 16.4. The van der Waals surface area contributed by atoms with Gasteiger partial charge in [-0.3, -0.25) is 0 Å². The first kappa shape index (κ1) is 14.7. The quantitative estimate of drug-likeness (QED) is 0.360. The van der Waals surface area contributed by atoms with Crippen molar-refractivity contribution in [3.63, 3.8) is 0 Å². The Morgan fingerprint density at radius 3 is 3.06 bits per heavy atom. The van der Waals surface area contributed by atoms with Gasteiger partial charge in [-0.25, -0.2) is 9.79 Å². The molecule has 1 atom stereocenters. The summed E-state index contributed by atoms with van der Waals surface area (Å²) >= 11 is 0. The molecule has 0 spiro atoms. The van der Waals surface area contributed by atoms with Gasteiger partial charge in [0, 0.05) is 18.2 Å². The zero-order valence-electron chi connectivity index (χ0n) is 10.5. The summed E-state index contributed by atoms with van der Waals surface area (Å²) < 4.78 is 10.1. The maximum absolute atomic E-state index is 11.3. The molecule has 0 aliphatic carbocycles. The smallest absolute Gasteiger partial charge is 0.330 e. The van der Waals surface area contributed by atoms with E-state index in [0.717, 1.165) is 19.3 Å². The van der Waals surface area contributed by atoms with E-state index in [2.05, 4.69) is 4.99 Å². The Kier molecular flexibility index (Phi) is 7.05. The SMILES string of the molecule is NCCCC[C@H](N)COC(=O)C=CC1=NCCO1. The standard InChI is InChI=1S/C12H21N3O3/c13-6-2-1-3-10(14)9-18-12(16)5-4-11-15-7-8-17-11/h4-5,10H,1-3,6-9,13-14H2/t10-/m0/s1. The Labute approximate surface area is 107 Å². The third kappa shape index (κ3) is 6.36. The number of nitrogens with two attached hydrogens (primary N) is 2. The van der Waals surface area contributed by atoms with Crippen LogP contribution >= 0.6 is 0 Å². The van der Waals surface area contributed by atoms with Gasteiger partial charge in [0.25, 0.3) is 0 Å². The molecule has 0 radical (unpaired) electrons. The van der Waals surface area contributed by atoms with Crippen LogP contribution in [0.1, 0.15) is 19.3 Å². The van der Waals surface area contributed by atoms with Crippen molar-refractivity contribution in [3.8, 4) is 0 Å². The molecular formula is C12H21N3O3. The Morgan fingerprint density at radius 1 is 1.56 bits per heavy atom. The van der Waals surface area contributed by atoms with E-state index in [0.29, 0.717) is 25.6 Å². The van der Waals surface area contributed by atoms with Gasteiger partial charge in [-0.1, -0.05) is 6.42 Å². The number of aliphatic imine (C=N–C) groups is 1. The Morgan fingerprint density at radius 2 is 2.39 bits per heavy atom. The van der Waals surface area contributed by atoms with E-state index in [1.165, 1.54) is 12.2 Å². The average molecular weight is 255 g/mol. The molecule has 1 heterocycles. The first-order chi connectivity index (χ1) is 8.72. The molecule has 1 aliphatic heterocycles. The van der Waals surface area contributed by atoms with Crippen LogP contribution < -0.4 is 11.5 Å². The van der Waals surface area contributed by atoms with Crippen LogP contribution in [0, 0.1) is 0 Å². The number of nitrogens with zero attached hydrogens (tertiary/aromatic N) is 1. The van der Waals surface area contributed by atoms with Gasteiger partial charge in [-0.05, 0) is 19.4 Å². The first-order valence-corrected chi connectivity index (χ1v) is 6.20. The van der Waals surface area contributed by atoms with E-state index in [1.807, 2.05) is 0 Å². The predicted octanol–water partition coefficient (Wildman–Crippen LogP) is -0.0292. The molecule has 0 amide bonds. The van der Waals surface area contributed by atoms with E-state index < -0.39 is 5.97 Å². The molecule has 6 nitrogen and oxygen atoms in total. The summed E-state index contributed by atoms with van der Waals surface area (Å²) in [6.07, 6.45) is 5.52. The van der Waals surface area contributed by atoms with Crippen LogP contribution in [0.3, 0.4) is 0 Å². The molecule has 0 saturated carbocycles. The van der Waals surface area contributed by atoms with Gasteiger partial charge >= 0.3 is 5.97 Å². The first-order valence-electron chi connectivity index (χ1n) is 6.20. The van der Waals surface area contributed by atoms with Crippen LogP contribution in [-0.2, 0) is 14.3 Å². The van der Waals surface area contributed by atoms with Crippen molar-refractivity contribution in [2.45, 2.75) is 25.3 Å². The van der Waals surface area contributed by atoms with Gasteiger partial charge in [-0.15, -0.1) is 0 Å². The summed E-state index contributed by atoms with van der Waals surface area (Å²) in [6, 6.07) is -0.131. The fourth-order valence-corrected chi connectivity index (χ4v) is 1.46. The average Bonchev–Trinajstić information content (AvgIpc) is 2.87. The minimum absolute atomic E-state index is 0.131. The molecule has 0 aromatic heterocycles. The number of rotatable bonds is 8. The summed E-state index contributed by atoms with van der Waals surface area (Å²) in [5.74, 6) is 0.0432. The molecule has 0 unspecified atom stereocenters. The van der Waals surface area contributed by atoms with Crippen molar-refractivity contribution in [2.24, 2.45) is 16.5 Å². The predicted molar refractivity (Wildman–Crippen MR) is 69.2 cm³/mol. The summed E-state index contributed by atoms with van der Waals surface area (Å²) in [6.45, 7) is 2.10. The maximum atomic E-state index is 11.3. The van der Waals surface area contributed by atoms with E-state index in [9.17, 15) is 4.79 Å². The molecular weight excluding hydrogens is 234 g/mol. The van der Waals surface area contributed by atoms with Crippen molar-refractivity contribution in [1.82, 2.24) is 0 Å². The molecule has 102 valence electrons. The minimum atomic E-state index is -0.428. The second-order valence-electron chi connectivity index (χ2n) is 4.08. The highest BCUT2D eigenvalue weighted by Gasteiger charge is 2.07. The highest BCUT2D eigenvalue weighted by atomic mass is 16.5. The number of carbonyl (C=O) groups is 1. The molecule has 0 aromatic carbocycles. The molecule has 18 heavy (non-hydrogen) atoms. The summed E-state index contributed by atoms with van der Waals surface area (Å²) in [5.41, 5.74) is 11.2. The van der Waals surface area contributed by atoms with E-state index >= 15 is 0 Å². The van der Waals surface area contributed by atoms with E-state index in [-0.39, 0.29) is 12.6 Å². The van der Waals surface area contributed by atoms with Crippen LogP contribution in [0.4, 0.5) is 0 Å². The summed E-state index contributed by atoms with van der Waals surface area (Å²) in [4.78, 5) is 15.4. The minimum Gasteiger partial charge on any atom is -0.476 e. The fourth-order valence-electron chi connectivity index (χ4n) is 1.46. The molecule has 1 rings (SSSR count). The van der Waals surface area contributed by atoms with Crippen LogP contribution in [-0.4, -0.2) is 44.2 Å². The molecule has 0 fully saturated rings. The van der Waals surface area contributed by atoms with Crippen molar-refractivity contribution in [1.29, 1.82) is 0 Å². The molecule has 0 bridgehead atoms. The Hall–Kier alpha value is -1.40. The number of ether oxygens (including phenoxy) is 2. The second-order valence-corrected chi connectivity index (χ2v) is 4.08. The second kappa shape index (κ2) is 8.66. The van der Waals surface area contributed by atoms with Gasteiger partial charge in [0.1, 0.15) is 13.2 Å². The summed E-state index contributed by atoms with van der Waals surface area (Å²) in [7, 11) is 0. The highest BCUT2D eigenvalue weighted by Crippen LogP contribution is 1.99. The van der Waals surface area contributed by atoms with Crippen LogP contribution in [0.15, 0.2) is 17.1 Å². The lowest BCUT2D eigenvalue weighted by molar-refractivity contribution is -0.138. The van der Waals surface area contributed by atoms with E-state index in [1.54, 1.807) is 0 Å². The molecule has 6 heteroatoms. The van der Waals surface area contributed by atoms with Gasteiger partial charge < -0.3 is 20.9 Å². The molecule has 1 aliphatic rings. The van der Waals surface area contributed by atoms with Crippen molar-refractivity contribution < 1.29 is 14.3 Å². The monoisotopic (exact) mass is 255 g/mol. The van der Waals surface area contributed by atoms with E-state index in [4.69, 9.17) is 20.9 Å². The zero-order chi connectivity index (χ0) is 13.2. The van der Waals surface area contributed by atoms with Crippen molar-refractivity contribution in [2.75, 3.05) is 26.3 Å². The number of unbranched alkanes of at least 4 members (excludes halogenated alkanes) is 1. The molecule has 0 aromatic rings. The fraction of sp³-hybridized carbons (Fsp3) is 0.667. The highest BCUT2D eigenvalue weighted by molar-refractivity contribution is 5.95. The van der Waals surface area contributed by atoms with Crippen LogP contribution in [0.2, 0.25) is 0 Å². The maximum Gasteiger partial charge on any atom is 0.330 e. The third-order valence-corrected chi connectivity index (χ3v) is 2.44. The topological polar surface area (TPSA) is 99.9 Å².